The van der Waals surface area contributed by atoms with E-state index in [1.54, 1.807) is 28.1 Å². The topological polar surface area (TPSA) is 175 Å². The molecule has 0 spiro atoms. The molecule has 4 aromatic rings. The van der Waals surface area contributed by atoms with Gasteiger partial charge >= 0.3 is 12.2 Å². The summed E-state index contributed by atoms with van der Waals surface area (Å²) in [5, 5.41) is 5.31. The van der Waals surface area contributed by atoms with Crippen LogP contribution < -0.4 is 10.6 Å². The average Bonchev–Trinajstić information content (AvgIpc) is 4.00. The maximum atomic E-state index is 15.5. The van der Waals surface area contributed by atoms with Gasteiger partial charge < -0.3 is 39.9 Å². The zero-order chi connectivity index (χ0) is 39.4. The van der Waals surface area contributed by atoms with Crippen molar-refractivity contribution in [3.05, 3.63) is 71.2 Å². The molecule has 4 heterocycles. The number of imidazole rings is 2. The predicted octanol–water partition coefficient (Wildman–Crippen LogP) is 5.58. The number of nitrogens with one attached hydrogen (secondary N) is 4. The maximum absolute atomic E-state index is 15.5. The lowest BCUT2D eigenvalue weighted by atomic mass is 10.0. The molecular formula is C40H47FN8O6. The molecule has 4 amide bonds. The fourth-order valence-corrected chi connectivity index (χ4v) is 7.25. The number of aromatic amines is 2. The summed E-state index contributed by atoms with van der Waals surface area (Å²) in [6.07, 6.45) is 3.22. The fraction of sp³-hybridized carbons (Fsp3) is 0.450. The number of H-pyrrole nitrogens is 2. The highest BCUT2D eigenvalue weighted by molar-refractivity contribution is 5.87. The van der Waals surface area contributed by atoms with Crippen LogP contribution in [0.1, 0.15) is 88.2 Å². The second-order valence-corrected chi connectivity index (χ2v) is 14.6. The Morgan fingerprint density at radius 2 is 1.35 bits per heavy atom. The number of fused-ring (bicyclic) bond motifs is 1. The molecule has 15 heteroatoms. The van der Waals surface area contributed by atoms with E-state index in [4.69, 9.17) is 14.5 Å². The van der Waals surface area contributed by atoms with Crippen molar-refractivity contribution in [2.75, 3.05) is 27.3 Å². The Morgan fingerprint density at radius 3 is 1.89 bits per heavy atom. The molecule has 0 radical (unpaired) electrons. The molecule has 0 saturated carbocycles. The first-order chi connectivity index (χ1) is 26.4. The van der Waals surface area contributed by atoms with Gasteiger partial charge in [-0.25, -0.2) is 23.9 Å². The van der Waals surface area contributed by atoms with Crippen LogP contribution in [0.15, 0.2) is 42.6 Å². The zero-order valence-corrected chi connectivity index (χ0v) is 31.9. The Morgan fingerprint density at radius 1 is 0.800 bits per heavy atom. The fourth-order valence-electron chi connectivity index (χ4n) is 7.25. The van der Waals surface area contributed by atoms with Crippen molar-refractivity contribution in [2.45, 2.75) is 77.5 Å². The third kappa shape index (κ3) is 8.43. The highest BCUT2D eigenvalue weighted by Crippen LogP contribution is 2.34. The number of carbonyl (C=O) groups excluding carboxylic acids is 4. The number of carbonyl (C=O) groups is 4. The van der Waals surface area contributed by atoms with Gasteiger partial charge in [0.1, 0.15) is 29.5 Å². The van der Waals surface area contributed by atoms with Crippen LogP contribution >= 0.6 is 0 Å². The first kappa shape index (κ1) is 38.8. The Kier molecular flexibility index (Phi) is 11.7. The number of aromatic nitrogens is 4. The number of benzene rings is 2. The molecule has 2 aromatic carbocycles. The lowest BCUT2D eigenvalue weighted by Gasteiger charge is -2.30. The molecule has 2 aliphatic heterocycles. The molecule has 4 atom stereocenters. The van der Waals surface area contributed by atoms with Gasteiger partial charge in [-0.15, -0.1) is 0 Å². The number of rotatable bonds is 9. The van der Waals surface area contributed by atoms with Gasteiger partial charge in [0.05, 0.1) is 49.2 Å². The molecule has 0 bridgehead atoms. The minimum absolute atomic E-state index is 0.137. The lowest BCUT2D eigenvalue weighted by molar-refractivity contribution is -0.136. The Labute approximate surface area is 318 Å². The van der Waals surface area contributed by atoms with Crippen LogP contribution in [-0.2, 0) is 19.1 Å². The highest BCUT2D eigenvalue weighted by atomic mass is 19.1. The molecule has 290 valence electrons. The van der Waals surface area contributed by atoms with Crippen LogP contribution in [0.3, 0.4) is 0 Å². The number of amides is 4. The van der Waals surface area contributed by atoms with Gasteiger partial charge in [0.15, 0.2) is 0 Å². The molecule has 55 heavy (non-hydrogen) atoms. The second kappa shape index (κ2) is 16.6. The quantitative estimate of drug-likeness (QED) is 0.160. The van der Waals surface area contributed by atoms with Crippen molar-refractivity contribution in [3.63, 3.8) is 0 Å². The van der Waals surface area contributed by atoms with E-state index in [1.165, 1.54) is 20.3 Å². The Balaban J connectivity index is 1.15. The van der Waals surface area contributed by atoms with Gasteiger partial charge in [-0.2, -0.15) is 0 Å². The maximum Gasteiger partial charge on any atom is 0.407 e. The number of ether oxygens (including phenoxy) is 2. The van der Waals surface area contributed by atoms with Crippen LogP contribution in [0.25, 0.3) is 22.3 Å². The Bertz CT molecular complexity index is 2130. The van der Waals surface area contributed by atoms with Gasteiger partial charge in [0, 0.05) is 29.8 Å². The monoisotopic (exact) mass is 754 g/mol. The summed E-state index contributed by atoms with van der Waals surface area (Å²) in [5.41, 5.74) is 3.46. The average molecular weight is 755 g/mol. The Hall–Kier alpha value is -5.91. The lowest BCUT2D eigenvalue weighted by Crippen LogP contribution is -2.51. The summed E-state index contributed by atoms with van der Waals surface area (Å²) in [5.74, 6) is 6.19. The number of likely N-dealkylation sites (tertiary alicyclic amines) is 2. The first-order valence-corrected chi connectivity index (χ1v) is 18.5. The molecular weight excluding hydrogens is 707 g/mol. The van der Waals surface area contributed by atoms with Gasteiger partial charge in [-0.05, 0) is 73.9 Å². The largest absolute Gasteiger partial charge is 0.453 e. The van der Waals surface area contributed by atoms with Crippen molar-refractivity contribution in [2.24, 2.45) is 11.8 Å². The van der Waals surface area contributed by atoms with E-state index in [0.717, 1.165) is 30.3 Å². The van der Waals surface area contributed by atoms with Crippen LogP contribution in [0.5, 0.6) is 0 Å². The van der Waals surface area contributed by atoms with Gasteiger partial charge in [0.2, 0.25) is 11.8 Å². The van der Waals surface area contributed by atoms with E-state index in [0.29, 0.717) is 53.5 Å². The smallest absolute Gasteiger partial charge is 0.407 e. The third-order valence-electron chi connectivity index (χ3n) is 10.2. The highest BCUT2D eigenvalue weighted by Gasteiger charge is 2.39. The third-order valence-corrected chi connectivity index (χ3v) is 10.2. The van der Waals surface area contributed by atoms with E-state index < -0.39 is 30.1 Å². The van der Waals surface area contributed by atoms with E-state index in [1.807, 2.05) is 45.9 Å². The molecule has 2 aliphatic rings. The van der Waals surface area contributed by atoms with Crippen LogP contribution in [0, 0.1) is 29.5 Å². The molecule has 0 aliphatic carbocycles. The predicted molar refractivity (Wildman–Crippen MR) is 202 cm³/mol. The number of hydrogen-bond donors (Lipinski definition) is 4. The molecule has 0 unspecified atom stereocenters. The minimum Gasteiger partial charge on any atom is -0.453 e. The molecule has 2 fully saturated rings. The van der Waals surface area contributed by atoms with Crippen LogP contribution in [0.2, 0.25) is 0 Å². The van der Waals surface area contributed by atoms with Crippen LogP contribution in [-0.4, -0.2) is 93.1 Å². The van der Waals surface area contributed by atoms with Gasteiger partial charge in [0.25, 0.3) is 0 Å². The number of alkyl carbamates (subject to hydrolysis) is 2. The SMILES string of the molecule is COC(=O)N[C@H](C(=O)N1CCC[C@H]1c1ncc(-c2ccc(C#Cc3ccc4nc([C@@H]5CCCN5C(=O)[C@@H](NC(=O)OC)C(C)C)[nH]c4c3)cc2F)[nH]1)C(C)C. The zero-order valence-electron chi connectivity index (χ0n) is 31.9. The van der Waals surface area contributed by atoms with E-state index >= 15 is 4.39 Å². The van der Waals surface area contributed by atoms with Crippen molar-refractivity contribution >= 4 is 35.0 Å². The summed E-state index contributed by atoms with van der Waals surface area (Å²) >= 11 is 0. The van der Waals surface area contributed by atoms with E-state index in [-0.39, 0.29) is 35.7 Å². The summed E-state index contributed by atoms with van der Waals surface area (Å²) in [6.45, 7) is 8.52. The minimum atomic E-state index is -0.755. The summed E-state index contributed by atoms with van der Waals surface area (Å²) in [4.78, 5) is 70.2. The number of methoxy groups -OCH3 is 2. The summed E-state index contributed by atoms with van der Waals surface area (Å²) < 4.78 is 25.0. The molecule has 2 aromatic heterocycles. The molecule has 6 rings (SSSR count). The van der Waals surface area contributed by atoms with Gasteiger partial charge in [-0.1, -0.05) is 39.5 Å². The summed E-state index contributed by atoms with van der Waals surface area (Å²) in [6, 6.07) is 8.24. The van der Waals surface area contributed by atoms with Gasteiger partial charge in [-0.3, -0.25) is 9.59 Å². The second-order valence-electron chi connectivity index (χ2n) is 14.6. The number of nitrogens with zero attached hydrogens (tertiary/aromatic N) is 4. The molecule has 4 N–H and O–H groups in total. The summed E-state index contributed by atoms with van der Waals surface area (Å²) in [7, 11) is 2.52. The van der Waals surface area contributed by atoms with Crippen molar-refractivity contribution < 1.29 is 33.0 Å². The normalized spacial score (nSPS) is 17.9. The van der Waals surface area contributed by atoms with E-state index in [9.17, 15) is 19.2 Å². The van der Waals surface area contributed by atoms with E-state index in [2.05, 4.69) is 37.4 Å². The number of halogens is 1. The van der Waals surface area contributed by atoms with Crippen LogP contribution in [0.4, 0.5) is 14.0 Å². The standard InChI is InChI=1S/C40H47FN8O6/c1-22(2)33(46-39(52)54-5)37(50)48-17-7-9-31(48)35-42-21-30(45-35)26-15-13-24(19-27(26)41)11-12-25-14-16-28-29(20-25)44-36(43-28)32-10-8-18-49(32)38(51)34(23(3)4)47-40(53)55-6/h13-16,19-23,31-34H,7-10,17-18H2,1-6H3,(H,42,45)(H,43,44)(H,46,52)(H,47,53)/t31-,32-,33-,34-/m0/s1. The molecule has 2 saturated heterocycles. The first-order valence-electron chi connectivity index (χ1n) is 18.5. The number of hydrogen-bond acceptors (Lipinski definition) is 8. The van der Waals surface area contributed by atoms with Crippen molar-refractivity contribution in [3.8, 4) is 23.1 Å². The molecule has 14 nitrogen and oxygen atoms in total. The van der Waals surface area contributed by atoms with Crippen molar-refractivity contribution in [1.29, 1.82) is 0 Å². The van der Waals surface area contributed by atoms with Crippen molar-refractivity contribution in [1.82, 2.24) is 40.4 Å².